The lowest BCUT2D eigenvalue weighted by molar-refractivity contribution is -0.119. The van der Waals surface area contributed by atoms with Crippen molar-refractivity contribution in [3.63, 3.8) is 0 Å². The Labute approximate surface area is 75.7 Å². The van der Waals surface area contributed by atoms with Gasteiger partial charge >= 0.3 is 0 Å². The van der Waals surface area contributed by atoms with Crippen LogP contribution in [-0.4, -0.2) is 18.9 Å². The molecule has 12 heavy (non-hydrogen) atoms. The summed E-state index contributed by atoms with van der Waals surface area (Å²) in [5.41, 5.74) is 0. The molecule has 0 rings (SSSR count). The SMILES string of the molecule is CCNCCC(=O)CCC(C)C. The number of nitrogens with one attached hydrogen (secondary N) is 1. The number of hydrogen-bond acceptors (Lipinski definition) is 2. The highest BCUT2D eigenvalue weighted by Gasteiger charge is 2.02. The Balaban J connectivity index is 3.22. The fourth-order valence-electron chi connectivity index (χ4n) is 0.979. The number of Topliss-reactive ketones (excluding diaryl/α,β-unsaturated/α-hetero) is 1. The van der Waals surface area contributed by atoms with Gasteiger partial charge in [-0.2, -0.15) is 0 Å². The number of carbonyl (C=O) groups is 1. The van der Waals surface area contributed by atoms with Crippen molar-refractivity contribution in [2.75, 3.05) is 13.1 Å². The minimum atomic E-state index is 0.393. The van der Waals surface area contributed by atoms with E-state index in [1.54, 1.807) is 0 Å². The first-order chi connectivity index (χ1) is 5.66. The van der Waals surface area contributed by atoms with Crippen molar-refractivity contribution in [3.05, 3.63) is 0 Å². The van der Waals surface area contributed by atoms with Crippen molar-refractivity contribution in [2.24, 2.45) is 5.92 Å². The Bertz CT molecular complexity index is 121. The van der Waals surface area contributed by atoms with Crippen LogP contribution in [0.1, 0.15) is 40.0 Å². The highest BCUT2D eigenvalue weighted by Crippen LogP contribution is 2.04. The minimum Gasteiger partial charge on any atom is -0.317 e. The highest BCUT2D eigenvalue weighted by atomic mass is 16.1. The molecule has 0 saturated heterocycles. The molecule has 0 aliphatic rings. The first-order valence-corrected chi connectivity index (χ1v) is 4.89. The van der Waals surface area contributed by atoms with Gasteiger partial charge in [0.15, 0.2) is 0 Å². The number of rotatable bonds is 7. The third-order valence-corrected chi connectivity index (χ3v) is 1.83. The lowest BCUT2D eigenvalue weighted by Crippen LogP contribution is -2.17. The third-order valence-electron chi connectivity index (χ3n) is 1.83. The second-order valence-electron chi connectivity index (χ2n) is 3.57. The molecule has 0 bridgehead atoms. The zero-order valence-electron chi connectivity index (χ0n) is 8.52. The summed E-state index contributed by atoms with van der Waals surface area (Å²) in [5.74, 6) is 1.04. The van der Waals surface area contributed by atoms with Crippen molar-refractivity contribution in [3.8, 4) is 0 Å². The molecular weight excluding hydrogens is 150 g/mol. The average molecular weight is 171 g/mol. The summed E-state index contributed by atoms with van der Waals surface area (Å²) in [5, 5.41) is 3.15. The third kappa shape index (κ3) is 7.73. The van der Waals surface area contributed by atoms with E-state index in [1.165, 1.54) is 0 Å². The highest BCUT2D eigenvalue weighted by molar-refractivity contribution is 5.78. The molecule has 0 aliphatic heterocycles. The van der Waals surface area contributed by atoms with Crippen LogP contribution in [0.3, 0.4) is 0 Å². The van der Waals surface area contributed by atoms with Crippen LogP contribution in [0.5, 0.6) is 0 Å². The normalized spacial score (nSPS) is 10.7. The van der Waals surface area contributed by atoms with E-state index in [9.17, 15) is 4.79 Å². The Kier molecular flexibility index (Phi) is 7.06. The molecule has 72 valence electrons. The molecule has 0 aromatic rings. The molecule has 0 spiro atoms. The van der Waals surface area contributed by atoms with Crippen molar-refractivity contribution in [1.82, 2.24) is 5.32 Å². The summed E-state index contributed by atoms with van der Waals surface area (Å²) in [6.07, 6.45) is 2.48. The van der Waals surface area contributed by atoms with Crippen molar-refractivity contribution < 1.29 is 4.79 Å². The standard InChI is InChI=1S/C10H21NO/c1-4-11-8-7-10(12)6-5-9(2)3/h9,11H,4-8H2,1-3H3. The molecule has 0 unspecified atom stereocenters. The lowest BCUT2D eigenvalue weighted by Gasteiger charge is -2.03. The zero-order chi connectivity index (χ0) is 9.40. The maximum atomic E-state index is 11.2. The summed E-state index contributed by atoms with van der Waals surface area (Å²) < 4.78 is 0. The van der Waals surface area contributed by atoms with Gasteiger partial charge in [0.25, 0.3) is 0 Å². The maximum Gasteiger partial charge on any atom is 0.134 e. The van der Waals surface area contributed by atoms with E-state index in [0.29, 0.717) is 18.1 Å². The average Bonchev–Trinajstić information content (AvgIpc) is 2.01. The van der Waals surface area contributed by atoms with Crippen molar-refractivity contribution >= 4 is 5.78 Å². The molecule has 1 N–H and O–H groups in total. The topological polar surface area (TPSA) is 29.1 Å². The Morgan fingerprint density at radius 1 is 1.33 bits per heavy atom. The van der Waals surface area contributed by atoms with Crippen LogP contribution < -0.4 is 5.32 Å². The van der Waals surface area contributed by atoms with E-state index in [4.69, 9.17) is 0 Å². The molecule has 0 fully saturated rings. The molecule has 0 aromatic carbocycles. The van der Waals surface area contributed by atoms with E-state index in [2.05, 4.69) is 26.1 Å². The van der Waals surface area contributed by atoms with Crippen LogP contribution in [0.2, 0.25) is 0 Å². The largest absolute Gasteiger partial charge is 0.317 e. The van der Waals surface area contributed by atoms with Gasteiger partial charge < -0.3 is 5.32 Å². The maximum absolute atomic E-state index is 11.2. The molecule has 0 atom stereocenters. The Morgan fingerprint density at radius 2 is 2.00 bits per heavy atom. The van der Waals surface area contributed by atoms with Crippen LogP contribution in [0.15, 0.2) is 0 Å². The van der Waals surface area contributed by atoms with Gasteiger partial charge in [-0.3, -0.25) is 4.79 Å². The first kappa shape index (κ1) is 11.6. The summed E-state index contributed by atoms with van der Waals surface area (Å²) in [6, 6.07) is 0. The van der Waals surface area contributed by atoms with Gasteiger partial charge in [0, 0.05) is 19.4 Å². The molecule has 0 radical (unpaired) electrons. The van der Waals surface area contributed by atoms with E-state index in [0.717, 1.165) is 25.9 Å². The second kappa shape index (κ2) is 7.29. The van der Waals surface area contributed by atoms with Gasteiger partial charge in [-0.05, 0) is 18.9 Å². The first-order valence-electron chi connectivity index (χ1n) is 4.89. The smallest absolute Gasteiger partial charge is 0.134 e. The number of carbonyl (C=O) groups excluding carboxylic acids is 1. The van der Waals surface area contributed by atoms with E-state index in [-0.39, 0.29) is 0 Å². The Morgan fingerprint density at radius 3 is 2.50 bits per heavy atom. The monoisotopic (exact) mass is 171 g/mol. The summed E-state index contributed by atoms with van der Waals surface area (Å²) in [7, 11) is 0. The predicted molar refractivity (Wildman–Crippen MR) is 52.2 cm³/mol. The molecule has 0 heterocycles. The number of ketones is 1. The Hall–Kier alpha value is -0.370. The van der Waals surface area contributed by atoms with E-state index >= 15 is 0 Å². The van der Waals surface area contributed by atoms with Gasteiger partial charge in [-0.15, -0.1) is 0 Å². The fraction of sp³-hybridized carbons (Fsp3) is 0.900. The van der Waals surface area contributed by atoms with Crippen molar-refractivity contribution in [1.29, 1.82) is 0 Å². The van der Waals surface area contributed by atoms with Crippen LogP contribution >= 0.6 is 0 Å². The summed E-state index contributed by atoms with van der Waals surface area (Å²) >= 11 is 0. The van der Waals surface area contributed by atoms with Crippen molar-refractivity contribution in [2.45, 2.75) is 40.0 Å². The van der Waals surface area contributed by atoms with Crippen LogP contribution in [0.25, 0.3) is 0 Å². The lowest BCUT2D eigenvalue weighted by atomic mass is 10.0. The molecule has 2 nitrogen and oxygen atoms in total. The fourth-order valence-corrected chi connectivity index (χ4v) is 0.979. The summed E-state index contributed by atoms with van der Waals surface area (Å²) in [6.45, 7) is 8.15. The van der Waals surface area contributed by atoms with Gasteiger partial charge in [-0.1, -0.05) is 20.8 Å². The van der Waals surface area contributed by atoms with E-state index in [1.807, 2.05) is 0 Å². The molecule has 0 saturated carbocycles. The zero-order valence-corrected chi connectivity index (χ0v) is 8.52. The molecule has 0 aliphatic carbocycles. The van der Waals surface area contributed by atoms with E-state index < -0.39 is 0 Å². The second-order valence-corrected chi connectivity index (χ2v) is 3.57. The van der Waals surface area contributed by atoms with Gasteiger partial charge in [0.05, 0.1) is 0 Å². The minimum absolute atomic E-state index is 0.393. The van der Waals surface area contributed by atoms with Crippen LogP contribution in [0.4, 0.5) is 0 Å². The van der Waals surface area contributed by atoms with Gasteiger partial charge in [0.2, 0.25) is 0 Å². The predicted octanol–water partition coefficient (Wildman–Crippen LogP) is 1.99. The molecule has 0 aromatic heterocycles. The molecule has 0 amide bonds. The summed E-state index contributed by atoms with van der Waals surface area (Å²) in [4.78, 5) is 11.2. The number of hydrogen-bond donors (Lipinski definition) is 1. The van der Waals surface area contributed by atoms with Crippen LogP contribution in [-0.2, 0) is 4.79 Å². The molecular formula is C10H21NO. The molecule has 2 heteroatoms. The quantitative estimate of drug-likeness (QED) is 0.593. The van der Waals surface area contributed by atoms with Crippen LogP contribution in [0, 0.1) is 5.92 Å². The van der Waals surface area contributed by atoms with Gasteiger partial charge in [0.1, 0.15) is 5.78 Å². The van der Waals surface area contributed by atoms with Gasteiger partial charge in [-0.25, -0.2) is 0 Å².